The first-order chi connectivity index (χ1) is 9.01. The van der Waals surface area contributed by atoms with Crippen LogP contribution in [-0.2, 0) is 16.4 Å². The van der Waals surface area contributed by atoms with E-state index in [1.165, 1.54) is 0 Å². The molecule has 3 N–H and O–H groups in total. The van der Waals surface area contributed by atoms with Crippen LogP contribution in [0.1, 0.15) is 31.7 Å². The number of nitrogens with one attached hydrogen (secondary N) is 1. The molecule has 4 nitrogen and oxygen atoms in total. The first-order valence-electron chi connectivity index (χ1n) is 6.82. The zero-order valence-electron chi connectivity index (χ0n) is 11.3. The SMILES string of the molecule is CC1CCC(NS(=O)(=O)c2ccc(CCN)cc2)C1. The Labute approximate surface area is 115 Å². The number of nitrogens with two attached hydrogens (primary N) is 1. The minimum absolute atomic E-state index is 0.0868. The van der Waals surface area contributed by atoms with Gasteiger partial charge >= 0.3 is 0 Å². The Morgan fingerprint density at radius 3 is 2.47 bits per heavy atom. The maximum atomic E-state index is 12.2. The summed E-state index contributed by atoms with van der Waals surface area (Å²) >= 11 is 0. The third-order valence-corrected chi connectivity index (χ3v) is 5.22. The molecule has 0 aliphatic heterocycles. The lowest BCUT2D eigenvalue weighted by Crippen LogP contribution is -2.32. The van der Waals surface area contributed by atoms with Crippen LogP contribution in [0.25, 0.3) is 0 Å². The van der Waals surface area contributed by atoms with E-state index < -0.39 is 10.0 Å². The quantitative estimate of drug-likeness (QED) is 0.862. The first-order valence-corrected chi connectivity index (χ1v) is 8.31. The fraction of sp³-hybridized carbons (Fsp3) is 0.571. The largest absolute Gasteiger partial charge is 0.330 e. The van der Waals surface area contributed by atoms with E-state index in [4.69, 9.17) is 5.73 Å². The van der Waals surface area contributed by atoms with E-state index in [2.05, 4.69) is 11.6 Å². The molecule has 2 atom stereocenters. The highest BCUT2D eigenvalue weighted by Gasteiger charge is 2.26. The Morgan fingerprint density at radius 1 is 1.26 bits per heavy atom. The normalized spacial score (nSPS) is 23.7. The van der Waals surface area contributed by atoms with Crippen molar-refractivity contribution in [2.75, 3.05) is 6.54 Å². The summed E-state index contributed by atoms with van der Waals surface area (Å²) in [5.41, 5.74) is 6.54. The molecule has 2 rings (SSSR count). The molecule has 0 heterocycles. The molecule has 19 heavy (non-hydrogen) atoms. The van der Waals surface area contributed by atoms with Crippen LogP contribution in [-0.4, -0.2) is 21.0 Å². The Balaban J connectivity index is 2.06. The van der Waals surface area contributed by atoms with E-state index in [9.17, 15) is 8.42 Å². The molecule has 0 radical (unpaired) electrons. The van der Waals surface area contributed by atoms with E-state index in [1.54, 1.807) is 12.1 Å². The van der Waals surface area contributed by atoms with E-state index in [1.807, 2.05) is 12.1 Å². The zero-order valence-corrected chi connectivity index (χ0v) is 12.1. The molecule has 0 aromatic heterocycles. The zero-order chi connectivity index (χ0) is 13.9. The first kappa shape index (κ1) is 14.5. The summed E-state index contributed by atoms with van der Waals surface area (Å²) in [4.78, 5) is 0.341. The number of hydrogen-bond donors (Lipinski definition) is 2. The molecular formula is C14H22N2O2S. The van der Waals surface area contributed by atoms with Crippen molar-refractivity contribution in [1.82, 2.24) is 4.72 Å². The summed E-state index contributed by atoms with van der Waals surface area (Å²) < 4.78 is 27.3. The van der Waals surface area contributed by atoms with Crippen LogP contribution < -0.4 is 10.5 Å². The van der Waals surface area contributed by atoms with Crippen molar-refractivity contribution in [3.63, 3.8) is 0 Å². The predicted molar refractivity (Wildman–Crippen MR) is 76.3 cm³/mol. The number of sulfonamides is 1. The minimum Gasteiger partial charge on any atom is -0.330 e. The van der Waals surface area contributed by atoms with Gasteiger partial charge in [0.25, 0.3) is 0 Å². The van der Waals surface area contributed by atoms with Gasteiger partial charge in [-0.05, 0) is 55.8 Å². The maximum Gasteiger partial charge on any atom is 0.240 e. The van der Waals surface area contributed by atoms with Crippen molar-refractivity contribution in [3.8, 4) is 0 Å². The van der Waals surface area contributed by atoms with Crippen molar-refractivity contribution in [1.29, 1.82) is 0 Å². The predicted octanol–water partition coefficient (Wildman–Crippen LogP) is 1.65. The average molecular weight is 282 g/mol. The smallest absolute Gasteiger partial charge is 0.240 e. The Morgan fingerprint density at radius 2 is 1.95 bits per heavy atom. The van der Waals surface area contributed by atoms with Gasteiger partial charge in [-0.25, -0.2) is 13.1 Å². The maximum absolute atomic E-state index is 12.2. The second kappa shape index (κ2) is 6.03. The lowest BCUT2D eigenvalue weighted by Gasteiger charge is -2.13. The highest BCUT2D eigenvalue weighted by Crippen LogP contribution is 2.26. The van der Waals surface area contributed by atoms with Crippen LogP contribution in [0.2, 0.25) is 0 Å². The summed E-state index contributed by atoms with van der Waals surface area (Å²) in [6.07, 6.45) is 3.74. The molecule has 1 aliphatic carbocycles. The van der Waals surface area contributed by atoms with E-state index >= 15 is 0 Å². The van der Waals surface area contributed by atoms with Gasteiger partial charge in [-0.1, -0.05) is 19.1 Å². The molecule has 1 aromatic carbocycles. The summed E-state index contributed by atoms with van der Waals surface area (Å²) in [7, 11) is -3.38. The van der Waals surface area contributed by atoms with Gasteiger partial charge in [0, 0.05) is 6.04 Å². The van der Waals surface area contributed by atoms with Crippen LogP contribution in [0.15, 0.2) is 29.2 Å². The topological polar surface area (TPSA) is 72.2 Å². The molecule has 0 spiro atoms. The summed E-state index contributed by atoms with van der Waals surface area (Å²) in [6, 6.07) is 7.07. The van der Waals surface area contributed by atoms with Crippen molar-refractivity contribution in [2.45, 2.75) is 43.5 Å². The van der Waals surface area contributed by atoms with E-state index in [-0.39, 0.29) is 6.04 Å². The molecule has 0 bridgehead atoms. The van der Waals surface area contributed by atoms with Crippen LogP contribution in [0.5, 0.6) is 0 Å². The van der Waals surface area contributed by atoms with E-state index in [0.29, 0.717) is 17.4 Å². The molecule has 1 aliphatic rings. The van der Waals surface area contributed by atoms with Crippen LogP contribution >= 0.6 is 0 Å². The van der Waals surface area contributed by atoms with Gasteiger partial charge < -0.3 is 5.73 Å². The van der Waals surface area contributed by atoms with Gasteiger partial charge in [-0.3, -0.25) is 0 Å². The molecule has 0 saturated heterocycles. The van der Waals surface area contributed by atoms with Gasteiger partial charge in [0.05, 0.1) is 4.90 Å². The molecule has 1 aromatic rings. The molecular weight excluding hydrogens is 260 g/mol. The third-order valence-electron chi connectivity index (χ3n) is 3.68. The molecule has 1 saturated carbocycles. The van der Waals surface area contributed by atoms with Gasteiger partial charge in [-0.2, -0.15) is 0 Å². The van der Waals surface area contributed by atoms with Crippen molar-refractivity contribution < 1.29 is 8.42 Å². The standard InChI is InChI=1S/C14H22N2O2S/c1-11-2-5-13(10-11)16-19(17,18)14-6-3-12(4-7-14)8-9-15/h3-4,6-7,11,13,16H,2,5,8-10,15H2,1H3. The van der Waals surface area contributed by atoms with Gasteiger partial charge in [0.15, 0.2) is 0 Å². The highest BCUT2D eigenvalue weighted by molar-refractivity contribution is 7.89. The number of benzene rings is 1. The van der Waals surface area contributed by atoms with Crippen LogP contribution in [0, 0.1) is 5.92 Å². The Kier molecular flexibility index (Phi) is 4.60. The Bertz CT molecular complexity index is 511. The van der Waals surface area contributed by atoms with Crippen molar-refractivity contribution in [2.24, 2.45) is 11.7 Å². The minimum atomic E-state index is -3.38. The Hall–Kier alpha value is -0.910. The summed E-state index contributed by atoms with van der Waals surface area (Å²) in [6.45, 7) is 2.74. The lowest BCUT2D eigenvalue weighted by molar-refractivity contribution is 0.538. The van der Waals surface area contributed by atoms with Gasteiger partial charge in [0.2, 0.25) is 10.0 Å². The third kappa shape index (κ3) is 3.78. The lowest BCUT2D eigenvalue weighted by atomic mass is 10.1. The number of hydrogen-bond acceptors (Lipinski definition) is 3. The molecule has 2 unspecified atom stereocenters. The van der Waals surface area contributed by atoms with Gasteiger partial charge in [0.1, 0.15) is 0 Å². The van der Waals surface area contributed by atoms with E-state index in [0.717, 1.165) is 31.2 Å². The molecule has 1 fully saturated rings. The second-order valence-electron chi connectivity index (χ2n) is 5.42. The average Bonchev–Trinajstić information content (AvgIpc) is 2.75. The molecule has 5 heteroatoms. The van der Waals surface area contributed by atoms with Crippen molar-refractivity contribution >= 4 is 10.0 Å². The molecule has 106 valence electrons. The van der Waals surface area contributed by atoms with Crippen LogP contribution in [0.4, 0.5) is 0 Å². The number of rotatable bonds is 5. The molecule has 0 amide bonds. The van der Waals surface area contributed by atoms with Crippen LogP contribution in [0.3, 0.4) is 0 Å². The van der Waals surface area contributed by atoms with Crippen molar-refractivity contribution in [3.05, 3.63) is 29.8 Å². The highest BCUT2D eigenvalue weighted by atomic mass is 32.2. The second-order valence-corrected chi connectivity index (χ2v) is 7.13. The summed E-state index contributed by atoms with van der Waals surface area (Å²) in [5, 5.41) is 0. The van der Waals surface area contributed by atoms with Gasteiger partial charge in [-0.15, -0.1) is 0 Å². The fourth-order valence-corrected chi connectivity index (χ4v) is 3.89. The summed E-state index contributed by atoms with van der Waals surface area (Å²) in [5.74, 6) is 0.611. The fourth-order valence-electron chi connectivity index (χ4n) is 2.60. The monoisotopic (exact) mass is 282 g/mol.